The van der Waals surface area contributed by atoms with Gasteiger partial charge in [0.2, 0.25) is 5.91 Å². The smallest absolute Gasteiger partial charge is 0.242 e. The van der Waals surface area contributed by atoms with Crippen molar-refractivity contribution in [3.63, 3.8) is 0 Å². The van der Waals surface area contributed by atoms with Crippen molar-refractivity contribution in [2.75, 3.05) is 25.5 Å². The van der Waals surface area contributed by atoms with Crippen LogP contribution in [0.3, 0.4) is 0 Å². The molecule has 1 amide bonds. The van der Waals surface area contributed by atoms with Gasteiger partial charge >= 0.3 is 0 Å². The van der Waals surface area contributed by atoms with Crippen molar-refractivity contribution >= 4 is 11.6 Å². The van der Waals surface area contributed by atoms with Gasteiger partial charge in [-0.25, -0.2) is 0 Å². The highest BCUT2D eigenvalue weighted by Crippen LogP contribution is 2.13. The lowest BCUT2D eigenvalue weighted by Crippen LogP contribution is -2.36. The highest BCUT2D eigenvalue weighted by molar-refractivity contribution is 5.81. The molecular formula is C18H22N2O. The molecule has 0 aromatic heterocycles. The van der Waals surface area contributed by atoms with E-state index in [1.807, 2.05) is 61.5 Å². The van der Waals surface area contributed by atoms with E-state index in [0.717, 1.165) is 11.3 Å². The van der Waals surface area contributed by atoms with Crippen molar-refractivity contribution in [3.8, 4) is 0 Å². The Morgan fingerprint density at radius 2 is 1.57 bits per heavy atom. The van der Waals surface area contributed by atoms with Crippen LogP contribution in [0.4, 0.5) is 5.69 Å². The van der Waals surface area contributed by atoms with E-state index in [9.17, 15) is 4.79 Å². The summed E-state index contributed by atoms with van der Waals surface area (Å²) in [5, 5.41) is 0. The summed E-state index contributed by atoms with van der Waals surface area (Å²) < 4.78 is 0. The minimum Gasteiger partial charge on any atom is -0.365 e. The lowest BCUT2D eigenvalue weighted by Gasteiger charge is -2.23. The number of rotatable bonds is 5. The predicted octanol–water partition coefficient (Wildman–Crippen LogP) is 3.09. The second kappa shape index (κ2) is 6.93. The van der Waals surface area contributed by atoms with E-state index < -0.39 is 0 Å². The fraction of sp³-hybridized carbons (Fsp3) is 0.278. The number of aryl methyl sites for hydroxylation is 1. The van der Waals surface area contributed by atoms with Crippen LogP contribution in [0.1, 0.15) is 11.1 Å². The van der Waals surface area contributed by atoms with Crippen molar-refractivity contribution in [2.45, 2.75) is 13.5 Å². The average molecular weight is 282 g/mol. The third-order valence-corrected chi connectivity index (χ3v) is 3.54. The van der Waals surface area contributed by atoms with E-state index in [4.69, 9.17) is 0 Å². The Morgan fingerprint density at radius 3 is 2.19 bits per heavy atom. The summed E-state index contributed by atoms with van der Waals surface area (Å²) >= 11 is 0. The zero-order valence-corrected chi connectivity index (χ0v) is 12.9. The van der Waals surface area contributed by atoms with E-state index in [0.29, 0.717) is 13.1 Å². The fourth-order valence-electron chi connectivity index (χ4n) is 2.16. The maximum atomic E-state index is 12.3. The molecule has 21 heavy (non-hydrogen) atoms. The Kier molecular flexibility index (Phi) is 4.99. The Balaban J connectivity index is 1.92. The van der Waals surface area contributed by atoms with Crippen LogP contribution in [-0.4, -0.2) is 31.4 Å². The third-order valence-electron chi connectivity index (χ3n) is 3.54. The number of anilines is 1. The van der Waals surface area contributed by atoms with Crippen molar-refractivity contribution in [2.24, 2.45) is 0 Å². The van der Waals surface area contributed by atoms with Crippen LogP contribution in [0.5, 0.6) is 0 Å². The number of carbonyl (C=O) groups is 1. The normalized spacial score (nSPS) is 10.2. The molecule has 0 bridgehead atoms. The SMILES string of the molecule is Cc1ccc(N(C)CC(=O)N(C)Cc2ccccc2)cc1. The zero-order chi connectivity index (χ0) is 15.2. The number of benzene rings is 2. The topological polar surface area (TPSA) is 23.6 Å². The molecule has 110 valence electrons. The Bertz CT molecular complexity index is 578. The summed E-state index contributed by atoms with van der Waals surface area (Å²) in [5.74, 6) is 0.113. The van der Waals surface area contributed by atoms with Crippen LogP contribution >= 0.6 is 0 Å². The molecule has 0 saturated heterocycles. The van der Waals surface area contributed by atoms with Crippen molar-refractivity contribution in [1.29, 1.82) is 0 Å². The summed E-state index contributed by atoms with van der Waals surface area (Å²) in [6.07, 6.45) is 0. The molecule has 2 aromatic rings. The zero-order valence-electron chi connectivity index (χ0n) is 12.9. The van der Waals surface area contributed by atoms with Gasteiger partial charge in [-0.15, -0.1) is 0 Å². The number of likely N-dealkylation sites (N-methyl/N-ethyl adjacent to an activating group) is 2. The second-order valence-corrected chi connectivity index (χ2v) is 5.43. The van der Waals surface area contributed by atoms with Crippen molar-refractivity contribution in [3.05, 3.63) is 65.7 Å². The van der Waals surface area contributed by atoms with Gasteiger partial charge in [0, 0.05) is 26.3 Å². The first kappa shape index (κ1) is 15.1. The molecule has 0 heterocycles. The van der Waals surface area contributed by atoms with E-state index >= 15 is 0 Å². The van der Waals surface area contributed by atoms with Crippen LogP contribution < -0.4 is 4.90 Å². The minimum absolute atomic E-state index is 0.113. The Morgan fingerprint density at radius 1 is 0.952 bits per heavy atom. The molecule has 0 aliphatic carbocycles. The van der Waals surface area contributed by atoms with Gasteiger partial charge in [-0.1, -0.05) is 48.0 Å². The van der Waals surface area contributed by atoms with Gasteiger partial charge < -0.3 is 9.80 Å². The standard InChI is InChI=1S/C18H22N2O/c1-15-9-11-17(12-10-15)19(2)14-18(21)20(3)13-16-7-5-4-6-8-16/h4-12H,13-14H2,1-3H3. The quantitative estimate of drug-likeness (QED) is 0.841. The number of nitrogens with zero attached hydrogens (tertiary/aromatic N) is 2. The molecule has 3 nitrogen and oxygen atoms in total. The molecule has 2 rings (SSSR count). The monoisotopic (exact) mass is 282 g/mol. The second-order valence-electron chi connectivity index (χ2n) is 5.43. The van der Waals surface area contributed by atoms with Gasteiger partial charge in [-0.3, -0.25) is 4.79 Å². The van der Waals surface area contributed by atoms with Crippen LogP contribution in [0, 0.1) is 6.92 Å². The van der Waals surface area contributed by atoms with Gasteiger partial charge in [0.25, 0.3) is 0 Å². The summed E-state index contributed by atoms with van der Waals surface area (Å²) in [4.78, 5) is 16.0. The molecule has 0 unspecified atom stereocenters. The summed E-state index contributed by atoms with van der Waals surface area (Å²) in [6, 6.07) is 18.2. The molecule has 3 heteroatoms. The van der Waals surface area contributed by atoms with Crippen LogP contribution in [0.25, 0.3) is 0 Å². The molecule has 0 fully saturated rings. The van der Waals surface area contributed by atoms with Crippen molar-refractivity contribution in [1.82, 2.24) is 4.90 Å². The van der Waals surface area contributed by atoms with Crippen LogP contribution in [0.2, 0.25) is 0 Å². The number of hydrogen-bond donors (Lipinski definition) is 0. The first-order chi connectivity index (χ1) is 10.1. The predicted molar refractivity (Wildman–Crippen MR) is 87.4 cm³/mol. The molecular weight excluding hydrogens is 260 g/mol. The van der Waals surface area contributed by atoms with Gasteiger partial charge in [-0.05, 0) is 24.6 Å². The van der Waals surface area contributed by atoms with E-state index in [-0.39, 0.29) is 5.91 Å². The van der Waals surface area contributed by atoms with Gasteiger partial charge in [0.05, 0.1) is 6.54 Å². The molecule has 0 N–H and O–H groups in total. The highest BCUT2D eigenvalue weighted by atomic mass is 16.2. The van der Waals surface area contributed by atoms with Gasteiger partial charge in [0.1, 0.15) is 0 Å². The summed E-state index contributed by atoms with van der Waals surface area (Å²) in [6.45, 7) is 3.08. The lowest BCUT2D eigenvalue weighted by molar-refractivity contribution is -0.128. The highest BCUT2D eigenvalue weighted by Gasteiger charge is 2.12. The number of carbonyl (C=O) groups excluding carboxylic acids is 1. The van der Waals surface area contributed by atoms with Gasteiger partial charge in [0.15, 0.2) is 0 Å². The molecule has 2 aromatic carbocycles. The number of hydrogen-bond acceptors (Lipinski definition) is 2. The van der Waals surface area contributed by atoms with Gasteiger partial charge in [-0.2, -0.15) is 0 Å². The lowest BCUT2D eigenvalue weighted by atomic mass is 10.2. The fourth-order valence-corrected chi connectivity index (χ4v) is 2.16. The molecule has 0 aliphatic heterocycles. The maximum Gasteiger partial charge on any atom is 0.242 e. The molecule has 0 aliphatic rings. The van der Waals surface area contributed by atoms with Crippen molar-refractivity contribution < 1.29 is 4.79 Å². The maximum absolute atomic E-state index is 12.3. The minimum atomic E-state index is 0.113. The van der Waals surface area contributed by atoms with E-state index in [1.165, 1.54) is 5.56 Å². The molecule has 0 saturated carbocycles. The Hall–Kier alpha value is -2.29. The van der Waals surface area contributed by atoms with E-state index in [1.54, 1.807) is 4.90 Å². The number of amides is 1. The first-order valence-corrected chi connectivity index (χ1v) is 7.12. The third kappa shape index (κ3) is 4.35. The first-order valence-electron chi connectivity index (χ1n) is 7.12. The summed E-state index contributed by atoms with van der Waals surface area (Å²) in [5.41, 5.74) is 3.42. The van der Waals surface area contributed by atoms with Crippen LogP contribution in [0.15, 0.2) is 54.6 Å². The van der Waals surface area contributed by atoms with E-state index in [2.05, 4.69) is 19.1 Å². The van der Waals surface area contributed by atoms with Crippen LogP contribution in [-0.2, 0) is 11.3 Å². The molecule has 0 atom stereocenters. The Labute approximate surface area is 126 Å². The largest absolute Gasteiger partial charge is 0.365 e. The average Bonchev–Trinajstić information content (AvgIpc) is 2.48. The molecule has 0 spiro atoms. The molecule has 0 radical (unpaired) electrons. The summed E-state index contributed by atoms with van der Waals surface area (Å²) in [7, 11) is 3.79.